The van der Waals surface area contributed by atoms with Gasteiger partial charge in [0, 0.05) is 11.8 Å². The van der Waals surface area contributed by atoms with Crippen molar-refractivity contribution < 1.29 is 4.42 Å². The number of thioether (sulfide) groups is 1. The Bertz CT molecular complexity index is 1020. The molecule has 4 rings (SSSR count). The molecule has 0 bridgehead atoms. The summed E-state index contributed by atoms with van der Waals surface area (Å²) in [5.41, 5.74) is 3.15. The van der Waals surface area contributed by atoms with Gasteiger partial charge in [-0.25, -0.2) is 0 Å². The quantitative estimate of drug-likeness (QED) is 0.524. The van der Waals surface area contributed by atoms with E-state index in [2.05, 4.69) is 49.9 Å². The third-order valence-electron chi connectivity index (χ3n) is 3.99. The van der Waals surface area contributed by atoms with Gasteiger partial charge in [-0.1, -0.05) is 36.9 Å². The maximum Gasteiger partial charge on any atom is 0.229 e. The summed E-state index contributed by atoms with van der Waals surface area (Å²) >= 11 is 1.57. The van der Waals surface area contributed by atoms with Crippen molar-refractivity contribution in [3.8, 4) is 0 Å². The molecule has 0 unspecified atom stereocenters. The molecule has 0 aliphatic rings. The van der Waals surface area contributed by atoms with Gasteiger partial charge >= 0.3 is 0 Å². The van der Waals surface area contributed by atoms with Gasteiger partial charge in [0.05, 0.1) is 10.8 Å². The van der Waals surface area contributed by atoms with Gasteiger partial charge < -0.3 is 4.42 Å². The third-order valence-corrected chi connectivity index (χ3v) is 5.02. The molecule has 0 aliphatic carbocycles. The van der Waals surface area contributed by atoms with Crippen molar-refractivity contribution in [1.82, 2.24) is 24.8 Å². The summed E-state index contributed by atoms with van der Waals surface area (Å²) in [5, 5.41) is 18.9. The molecule has 0 saturated carbocycles. The highest BCUT2D eigenvalue weighted by Crippen LogP contribution is 2.34. The SMILES string of the molecule is CCc1nnc([C@H](C)Sc2nnc3cc(C)c4ccccc4n23)o1. The Morgan fingerprint density at radius 1 is 1.17 bits per heavy atom. The summed E-state index contributed by atoms with van der Waals surface area (Å²) < 4.78 is 7.75. The Balaban J connectivity index is 1.78. The van der Waals surface area contributed by atoms with Gasteiger partial charge in [0.2, 0.25) is 11.8 Å². The number of hydrogen-bond donors (Lipinski definition) is 0. The molecule has 0 amide bonds. The zero-order chi connectivity index (χ0) is 16.7. The minimum absolute atomic E-state index is 0.00488. The maximum absolute atomic E-state index is 5.66. The molecule has 0 aliphatic heterocycles. The highest BCUT2D eigenvalue weighted by atomic mass is 32.2. The number of aryl methyl sites for hydroxylation is 2. The molecule has 0 N–H and O–H groups in total. The molecule has 0 radical (unpaired) electrons. The molecule has 122 valence electrons. The predicted molar refractivity (Wildman–Crippen MR) is 93.2 cm³/mol. The van der Waals surface area contributed by atoms with Gasteiger partial charge in [-0.3, -0.25) is 4.40 Å². The van der Waals surface area contributed by atoms with Crippen LogP contribution in [0.1, 0.15) is 36.4 Å². The topological polar surface area (TPSA) is 69.1 Å². The molecule has 0 fully saturated rings. The summed E-state index contributed by atoms with van der Waals surface area (Å²) in [6.45, 7) is 6.13. The Morgan fingerprint density at radius 3 is 2.79 bits per heavy atom. The average Bonchev–Trinajstić information content (AvgIpc) is 3.22. The summed E-state index contributed by atoms with van der Waals surface area (Å²) in [7, 11) is 0. The number of aromatic nitrogens is 5. The fraction of sp³-hybridized carbons (Fsp3) is 0.294. The van der Waals surface area contributed by atoms with E-state index < -0.39 is 0 Å². The fourth-order valence-electron chi connectivity index (χ4n) is 2.73. The van der Waals surface area contributed by atoms with Crippen LogP contribution in [0, 0.1) is 6.92 Å². The van der Waals surface area contributed by atoms with Crippen LogP contribution in [0.4, 0.5) is 0 Å². The van der Waals surface area contributed by atoms with Crippen LogP contribution in [-0.2, 0) is 6.42 Å². The van der Waals surface area contributed by atoms with Crippen LogP contribution in [0.5, 0.6) is 0 Å². The lowest BCUT2D eigenvalue weighted by atomic mass is 10.1. The predicted octanol–water partition coefficient (Wildman–Crippen LogP) is 3.99. The van der Waals surface area contributed by atoms with Crippen LogP contribution < -0.4 is 0 Å². The molecule has 0 saturated heterocycles. The molecular weight excluding hydrogens is 322 g/mol. The molecular formula is C17H17N5OS. The Labute approximate surface area is 143 Å². The lowest BCUT2D eigenvalue weighted by Gasteiger charge is -2.09. The van der Waals surface area contributed by atoms with E-state index in [1.54, 1.807) is 11.8 Å². The number of pyridine rings is 1. The lowest BCUT2D eigenvalue weighted by molar-refractivity contribution is 0.456. The minimum atomic E-state index is 0.00488. The number of para-hydroxylation sites is 1. The fourth-order valence-corrected chi connectivity index (χ4v) is 3.63. The Kier molecular flexibility index (Phi) is 3.72. The van der Waals surface area contributed by atoms with E-state index in [4.69, 9.17) is 4.42 Å². The second kappa shape index (κ2) is 5.90. The normalized spacial score (nSPS) is 13.0. The smallest absolute Gasteiger partial charge is 0.229 e. The summed E-state index contributed by atoms with van der Waals surface area (Å²) in [5.74, 6) is 1.27. The first-order valence-corrected chi connectivity index (χ1v) is 8.77. The number of fused-ring (bicyclic) bond motifs is 3. The first-order chi connectivity index (χ1) is 11.7. The molecule has 3 aromatic heterocycles. The Morgan fingerprint density at radius 2 is 2.00 bits per heavy atom. The molecule has 1 aromatic carbocycles. The maximum atomic E-state index is 5.66. The molecule has 3 heterocycles. The zero-order valence-corrected chi connectivity index (χ0v) is 14.5. The lowest BCUT2D eigenvalue weighted by Crippen LogP contribution is -1.95. The average molecular weight is 339 g/mol. The van der Waals surface area contributed by atoms with Crippen LogP contribution in [0.25, 0.3) is 16.6 Å². The third kappa shape index (κ3) is 2.45. The minimum Gasteiger partial charge on any atom is -0.424 e. The summed E-state index contributed by atoms with van der Waals surface area (Å²) in [6, 6.07) is 10.4. The first-order valence-electron chi connectivity index (χ1n) is 7.89. The second-order valence-electron chi connectivity index (χ2n) is 5.67. The molecule has 7 heteroatoms. The van der Waals surface area contributed by atoms with Crippen molar-refractivity contribution in [2.45, 2.75) is 37.6 Å². The van der Waals surface area contributed by atoms with Gasteiger partial charge in [-0.05, 0) is 31.5 Å². The van der Waals surface area contributed by atoms with Gasteiger partial charge in [0.1, 0.15) is 0 Å². The first kappa shape index (κ1) is 15.1. The van der Waals surface area contributed by atoms with Crippen LogP contribution >= 0.6 is 11.8 Å². The van der Waals surface area contributed by atoms with Gasteiger partial charge in [-0.2, -0.15) is 0 Å². The van der Waals surface area contributed by atoms with Crippen molar-refractivity contribution in [2.24, 2.45) is 0 Å². The number of rotatable bonds is 4. The molecule has 4 aromatic rings. The molecule has 0 spiro atoms. The summed E-state index contributed by atoms with van der Waals surface area (Å²) in [6.07, 6.45) is 0.738. The van der Waals surface area contributed by atoms with E-state index in [1.165, 1.54) is 10.9 Å². The van der Waals surface area contributed by atoms with Crippen molar-refractivity contribution in [3.05, 3.63) is 47.7 Å². The van der Waals surface area contributed by atoms with Gasteiger partial charge in [0.15, 0.2) is 10.8 Å². The van der Waals surface area contributed by atoms with Crippen molar-refractivity contribution >= 4 is 28.3 Å². The van der Waals surface area contributed by atoms with Crippen LogP contribution in [0.2, 0.25) is 0 Å². The standard InChI is InChI=1S/C17H17N5OS/c1-4-15-19-20-16(23-15)11(3)24-17-21-18-14-9-10(2)12-7-5-6-8-13(12)22(14)17/h5-9,11H,4H2,1-3H3/t11-/m0/s1. The van der Waals surface area contributed by atoms with Crippen LogP contribution in [0.15, 0.2) is 39.9 Å². The highest BCUT2D eigenvalue weighted by Gasteiger charge is 2.19. The van der Waals surface area contributed by atoms with Crippen molar-refractivity contribution in [1.29, 1.82) is 0 Å². The van der Waals surface area contributed by atoms with E-state index in [1.807, 2.05) is 26.0 Å². The van der Waals surface area contributed by atoms with E-state index in [0.29, 0.717) is 11.8 Å². The number of hydrogen-bond acceptors (Lipinski definition) is 6. The largest absolute Gasteiger partial charge is 0.424 e. The van der Waals surface area contributed by atoms with E-state index in [0.717, 1.165) is 22.7 Å². The van der Waals surface area contributed by atoms with E-state index in [-0.39, 0.29) is 5.25 Å². The molecule has 6 nitrogen and oxygen atoms in total. The van der Waals surface area contributed by atoms with Gasteiger partial charge in [-0.15, -0.1) is 20.4 Å². The molecule has 24 heavy (non-hydrogen) atoms. The Hall–Kier alpha value is -2.41. The van der Waals surface area contributed by atoms with E-state index in [9.17, 15) is 0 Å². The van der Waals surface area contributed by atoms with Crippen LogP contribution in [-0.4, -0.2) is 24.8 Å². The summed E-state index contributed by atoms with van der Waals surface area (Å²) in [4.78, 5) is 0. The van der Waals surface area contributed by atoms with E-state index >= 15 is 0 Å². The number of nitrogens with zero attached hydrogens (tertiary/aromatic N) is 5. The number of benzene rings is 1. The second-order valence-corrected chi connectivity index (χ2v) is 6.98. The monoisotopic (exact) mass is 339 g/mol. The van der Waals surface area contributed by atoms with Crippen molar-refractivity contribution in [3.63, 3.8) is 0 Å². The van der Waals surface area contributed by atoms with Crippen LogP contribution in [0.3, 0.4) is 0 Å². The highest BCUT2D eigenvalue weighted by molar-refractivity contribution is 7.99. The zero-order valence-electron chi connectivity index (χ0n) is 13.7. The van der Waals surface area contributed by atoms with Gasteiger partial charge in [0.25, 0.3) is 0 Å². The van der Waals surface area contributed by atoms with Crippen molar-refractivity contribution in [2.75, 3.05) is 0 Å². The molecule has 1 atom stereocenters.